The molecule has 0 aliphatic heterocycles. The number of rotatable bonds is 1. The van der Waals surface area contributed by atoms with Crippen LogP contribution in [0.4, 0.5) is 0 Å². The van der Waals surface area contributed by atoms with Gasteiger partial charge in [0.25, 0.3) is 5.56 Å². The molecule has 0 saturated heterocycles. The molecule has 0 radical (unpaired) electrons. The third-order valence-electron chi connectivity index (χ3n) is 3.08. The second kappa shape index (κ2) is 3.91. The molecule has 94 valence electrons. The Hall–Kier alpha value is -2.69. The van der Waals surface area contributed by atoms with Crippen molar-refractivity contribution < 1.29 is 9.90 Å². The molecule has 0 atom stereocenters. The lowest BCUT2D eigenvalue weighted by molar-refractivity contribution is 0.0697. The van der Waals surface area contributed by atoms with Crippen LogP contribution in [0.1, 0.15) is 15.9 Å². The third kappa shape index (κ3) is 1.67. The minimum atomic E-state index is -1.06. The van der Waals surface area contributed by atoms with Gasteiger partial charge < -0.3 is 5.11 Å². The summed E-state index contributed by atoms with van der Waals surface area (Å²) in [5.74, 6) is -1.06. The van der Waals surface area contributed by atoms with Gasteiger partial charge in [-0.3, -0.25) is 9.20 Å². The second-order valence-electron chi connectivity index (χ2n) is 4.34. The zero-order chi connectivity index (χ0) is 13.6. The van der Waals surface area contributed by atoms with E-state index in [4.69, 9.17) is 5.11 Å². The van der Waals surface area contributed by atoms with Crippen LogP contribution in [0.2, 0.25) is 0 Å². The molecule has 0 saturated carbocycles. The summed E-state index contributed by atoms with van der Waals surface area (Å²) in [4.78, 5) is 27.7. The number of aromatic carboxylic acids is 1. The smallest absolute Gasteiger partial charge is 0.335 e. The Kier molecular flexibility index (Phi) is 2.35. The quantitative estimate of drug-likeness (QED) is 0.673. The number of pyridine rings is 1. The molecule has 0 unspecified atom stereocenters. The van der Waals surface area contributed by atoms with Crippen LogP contribution in [0.15, 0.2) is 41.3 Å². The van der Waals surface area contributed by atoms with Gasteiger partial charge >= 0.3 is 5.97 Å². The highest BCUT2D eigenvalue weighted by Gasteiger charge is 2.10. The average Bonchev–Trinajstić information content (AvgIpc) is 2.40. The van der Waals surface area contributed by atoms with E-state index in [1.165, 1.54) is 16.5 Å². The highest BCUT2D eigenvalue weighted by Crippen LogP contribution is 2.14. The number of aromatic nitrogens is 2. The minimum absolute atomic E-state index is 0.0824. The van der Waals surface area contributed by atoms with E-state index in [0.29, 0.717) is 16.6 Å². The first-order chi connectivity index (χ1) is 9.08. The van der Waals surface area contributed by atoms with Gasteiger partial charge in [-0.15, -0.1) is 0 Å². The fourth-order valence-electron chi connectivity index (χ4n) is 2.10. The molecule has 2 aromatic heterocycles. The van der Waals surface area contributed by atoms with Gasteiger partial charge in [0.15, 0.2) is 0 Å². The van der Waals surface area contributed by atoms with Crippen LogP contribution < -0.4 is 5.56 Å². The number of aryl methyl sites for hydroxylation is 1. The van der Waals surface area contributed by atoms with Crippen molar-refractivity contribution in [3.05, 3.63) is 58.0 Å². The maximum atomic E-state index is 12.3. The van der Waals surface area contributed by atoms with Crippen molar-refractivity contribution in [3.63, 3.8) is 0 Å². The Morgan fingerprint density at radius 2 is 2.11 bits per heavy atom. The normalized spacial score (nSPS) is 11.0. The zero-order valence-electron chi connectivity index (χ0n) is 10.1. The zero-order valence-corrected chi connectivity index (χ0v) is 10.1. The highest BCUT2D eigenvalue weighted by atomic mass is 16.4. The fourth-order valence-corrected chi connectivity index (χ4v) is 2.10. The van der Waals surface area contributed by atoms with Crippen LogP contribution in [0.5, 0.6) is 0 Å². The van der Waals surface area contributed by atoms with E-state index in [9.17, 15) is 9.59 Å². The first-order valence-electron chi connectivity index (χ1n) is 5.73. The molecule has 19 heavy (non-hydrogen) atoms. The molecule has 0 aliphatic carbocycles. The van der Waals surface area contributed by atoms with Crippen LogP contribution in [0.25, 0.3) is 16.6 Å². The average molecular weight is 254 g/mol. The molecule has 5 heteroatoms. The molecule has 5 nitrogen and oxygen atoms in total. The Morgan fingerprint density at radius 3 is 2.84 bits per heavy atom. The van der Waals surface area contributed by atoms with Gasteiger partial charge in [-0.1, -0.05) is 6.07 Å². The van der Waals surface area contributed by atoms with E-state index in [1.807, 2.05) is 13.0 Å². The van der Waals surface area contributed by atoms with E-state index >= 15 is 0 Å². The number of fused-ring (bicyclic) bond motifs is 2. The van der Waals surface area contributed by atoms with E-state index in [1.54, 1.807) is 18.3 Å². The molecule has 0 spiro atoms. The molecular weight excluding hydrogens is 244 g/mol. The van der Waals surface area contributed by atoms with Crippen molar-refractivity contribution in [2.75, 3.05) is 0 Å². The van der Waals surface area contributed by atoms with Gasteiger partial charge in [0.1, 0.15) is 5.65 Å². The Balaban J connectivity index is 2.51. The van der Waals surface area contributed by atoms with Crippen molar-refractivity contribution in [1.29, 1.82) is 0 Å². The lowest BCUT2D eigenvalue weighted by Crippen LogP contribution is -2.16. The summed E-state index contributed by atoms with van der Waals surface area (Å²) in [7, 11) is 0. The number of carboxylic acid groups (broad SMARTS) is 1. The monoisotopic (exact) mass is 254 g/mol. The molecular formula is C14H10N2O3. The van der Waals surface area contributed by atoms with E-state index in [-0.39, 0.29) is 11.1 Å². The predicted octanol–water partition coefficient (Wildman–Crippen LogP) is 1.85. The lowest BCUT2D eigenvalue weighted by Gasteiger charge is -2.05. The van der Waals surface area contributed by atoms with E-state index in [2.05, 4.69) is 4.98 Å². The van der Waals surface area contributed by atoms with Crippen LogP contribution in [-0.2, 0) is 0 Å². The number of benzene rings is 1. The summed E-state index contributed by atoms with van der Waals surface area (Å²) >= 11 is 0. The summed E-state index contributed by atoms with van der Waals surface area (Å²) in [5.41, 5.74) is 1.81. The first kappa shape index (κ1) is 11.4. The topological polar surface area (TPSA) is 71.7 Å². The maximum absolute atomic E-state index is 12.3. The molecule has 2 heterocycles. The fraction of sp³-hybridized carbons (Fsp3) is 0.0714. The standard InChI is InChI=1S/C14H10N2O3/c1-8-3-2-6-16-12(8)15-11-5-4-9(14(18)19)7-10(11)13(16)17/h2-7H,1H3,(H,18,19). The van der Waals surface area contributed by atoms with Crippen LogP contribution >= 0.6 is 0 Å². The van der Waals surface area contributed by atoms with Gasteiger partial charge in [0.05, 0.1) is 16.5 Å². The summed E-state index contributed by atoms with van der Waals surface area (Å²) in [6.45, 7) is 1.87. The van der Waals surface area contributed by atoms with E-state index in [0.717, 1.165) is 5.56 Å². The molecule has 0 bridgehead atoms. The first-order valence-corrected chi connectivity index (χ1v) is 5.73. The summed E-state index contributed by atoms with van der Waals surface area (Å²) < 4.78 is 1.43. The van der Waals surface area contributed by atoms with Gasteiger partial charge in [0.2, 0.25) is 0 Å². The van der Waals surface area contributed by atoms with Gasteiger partial charge in [-0.25, -0.2) is 9.78 Å². The maximum Gasteiger partial charge on any atom is 0.335 e. The van der Waals surface area contributed by atoms with Crippen molar-refractivity contribution in [2.45, 2.75) is 6.92 Å². The predicted molar refractivity (Wildman–Crippen MR) is 70.7 cm³/mol. The van der Waals surface area contributed by atoms with E-state index < -0.39 is 5.97 Å². The Morgan fingerprint density at radius 1 is 1.32 bits per heavy atom. The SMILES string of the molecule is Cc1cccn2c(=O)c3cc(C(=O)O)ccc3nc12. The molecule has 1 aromatic carbocycles. The summed E-state index contributed by atoms with van der Waals surface area (Å²) in [6.07, 6.45) is 1.63. The molecule has 0 amide bonds. The lowest BCUT2D eigenvalue weighted by atomic mass is 10.1. The molecule has 3 rings (SSSR count). The molecule has 1 N–H and O–H groups in total. The summed E-state index contributed by atoms with van der Waals surface area (Å²) in [6, 6.07) is 8.01. The van der Waals surface area contributed by atoms with Crippen LogP contribution in [0.3, 0.4) is 0 Å². The van der Waals surface area contributed by atoms with Crippen molar-refractivity contribution >= 4 is 22.5 Å². The number of nitrogens with zero attached hydrogens (tertiary/aromatic N) is 2. The highest BCUT2D eigenvalue weighted by molar-refractivity contribution is 5.93. The number of hydrogen-bond acceptors (Lipinski definition) is 3. The van der Waals surface area contributed by atoms with Crippen LogP contribution in [0, 0.1) is 6.92 Å². The van der Waals surface area contributed by atoms with Gasteiger partial charge in [-0.2, -0.15) is 0 Å². The molecule has 0 aliphatic rings. The second-order valence-corrected chi connectivity index (χ2v) is 4.34. The number of hydrogen-bond donors (Lipinski definition) is 1. The Labute approximate surface area is 107 Å². The van der Waals surface area contributed by atoms with Crippen molar-refractivity contribution in [1.82, 2.24) is 9.38 Å². The van der Waals surface area contributed by atoms with Gasteiger partial charge in [-0.05, 0) is 36.8 Å². The number of carbonyl (C=O) groups is 1. The Bertz CT molecular complexity index is 881. The number of carboxylic acids is 1. The third-order valence-corrected chi connectivity index (χ3v) is 3.08. The van der Waals surface area contributed by atoms with Gasteiger partial charge in [0, 0.05) is 6.20 Å². The van der Waals surface area contributed by atoms with Crippen molar-refractivity contribution in [3.8, 4) is 0 Å². The largest absolute Gasteiger partial charge is 0.478 e. The molecule has 3 aromatic rings. The minimum Gasteiger partial charge on any atom is -0.478 e. The van der Waals surface area contributed by atoms with Crippen LogP contribution in [-0.4, -0.2) is 20.5 Å². The summed E-state index contributed by atoms with van der Waals surface area (Å²) in [5, 5.41) is 9.27. The van der Waals surface area contributed by atoms with Crippen molar-refractivity contribution in [2.24, 2.45) is 0 Å². The molecule has 0 fully saturated rings.